The van der Waals surface area contributed by atoms with Crippen molar-refractivity contribution in [1.29, 1.82) is 0 Å². The fourth-order valence-corrected chi connectivity index (χ4v) is 4.33. The zero-order valence-corrected chi connectivity index (χ0v) is 12.9. The Kier molecular flexibility index (Phi) is 5.22. The quantitative estimate of drug-likeness (QED) is 0.829. The van der Waals surface area contributed by atoms with E-state index in [9.17, 15) is 13.2 Å². The lowest BCUT2D eigenvalue weighted by atomic mass is 10.4. The zero-order chi connectivity index (χ0) is 14.4. The third-order valence-corrected chi connectivity index (χ3v) is 6.13. The van der Waals surface area contributed by atoms with Crippen LogP contribution in [0, 0.1) is 0 Å². The van der Waals surface area contributed by atoms with Gasteiger partial charge in [0.1, 0.15) is 4.21 Å². The summed E-state index contributed by atoms with van der Waals surface area (Å²) in [5.41, 5.74) is 0. The van der Waals surface area contributed by atoms with Gasteiger partial charge in [-0.05, 0) is 23.6 Å². The van der Waals surface area contributed by atoms with E-state index < -0.39 is 15.9 Å². The Balaban J connectivity index is 1.81. The third kappa shape index (κ3) is 4.36. The van der Waals surface area contributed by atoms with Crippen LogP contribution >= 0.6 is 23.1 Å². The molecular formula is C13H13NO3S3. The topological polar surface area (TPSA) is 63.2 Å². The highest BCUT2D eigenvalue weighted by molar-refractivity contribution is 7.99. The lowest BCUT2D eigenvalue weighted by Crippen LogP contribution is -2.30. The predicted molar refractivity (Wildman–Crippen MR) is 81.4 cm³/mol. The first-order valence-electron chi connectivity index (χ1n) is 5.85. The van der Waals surface area contributed by atoms with E-state index in [0.717, 1.165) is 16.2 Å². The standard InChI is InChI=1S/C13H13NO3S3/c15-12(8-10-18-11-5-2-1-3-6-11)14-20(16,17)13-7-4-9-19-13/h1-7,9H,8,10H2,(H,14,15). The number of hydrogen-bond donors (Lipinski definition) is 1. The first-order valence-corrected chi connectivity index (χ1v) is 9.20. The highest BCUT2D eigenvalue weighted by atomic mass is 32.2. The average Bonchev–Trinajstić information content (AvgIpc) is 2.94. The fourth-order valence-electron chi connectivity index (χ4n) is 1.45. The van der Waals surface area contributed by atoms with Crippen molar-refractivity contribution in [2.45, 2.75) is 15.5 Å². The lowest BCUT2D eigenvalue weighted by molar-refractivity contribution is -0.118. The number of sulfonamides is 1. The molecule has 2 aromatic rings. The van der Waals surface area contributed by atoms with Crippen LogP contribution in [0.2, 0.25) is 0 Å². The smallest absolute Gasteiger partial charge is 0.273 e. The first kappa shape index (κ1) is 15.1. The molecule has 1 aromatic carbocycles. The van der Waals surface area contributed by atoms with E-state index in [1.165, 1.54) is 17.8 Å². The van der Waals surface area contributed by atoms with Gasteiger partial charge in [-0.3, -0.25) is 4.79 Å². The van der Waals surface area contributed by atoms with Gasteiger partial charge in [-0.1, -0.05) is 24.3 Å². The van der Waals surface area contributed by atoms with Gasteiger partial charge in [-0.2, -0.15) is 0 Å². The number of thioether (sulfide) groups is 1. The van der Waals surface area contributed by atoms with Crippen molar-refractivity contribution in [3.63, 3.8) is 0 Å². The van der Waals surface area contributed by atoms with Crippen molar-refractivity contribution in [2.75, 3.05) is 5.75 Å². The molecule has 20 heavy (non-hydrogen) atoms. The molecule has 0 spiro atoms. The molecule has 2 rings (SSSR count). The predicted octanol–water partition coefficient (Wildman–Crippen LogP) is 2.74. The van der Waals surface area contributed by atoms with Crippen molar-refractivity contribution in [3.8, 4) is 0 Å². The van der Waals surface area contributed by atoms with Crippen LogP contribution < -0.4 is 4.72 Å². The third-order valence-electron chi connectivity index (χ3n) is 2.35. The van der Waals surface area contributed by atoms with Crippen LogP contribution in [0.5, 0.6) is 0 Å². The average molecular weight is 327 g/mol. The van der Waals surface area contributed by atoms with Crippen molar-refractivity contribution >= 4 is 39.0 Å². The molecule has 0 aliphatic heterocycles. The highest BCUT2D eigenvalue weighted by Crippen LogP contribution is 2.18. The maximum absolute atomic E-state index is 11.8. The highest BCUT2D eigenvalue weighted by Gasteiger charge is 2.18. The van der Waals surface area contributed by atoms with Crippen LogP contribution in [0.4, 0.5) is 0 Å². The Labute approximate surface area is 126 Å². The Morgan fingerprint density at radius 2 is 1.90 bits per heavy atom. The summed E-state index contributed by atoms with van der Waals surface area (Å²) in [5.74, 6) is 0.0531. The van der Waals surface area contributed by atoms with E-state index in [4.69, 9.17) is 0 Å². The van der Waals surface area contributed by atoms with Crippen LogP contribution in [0.1, 0.15) is 6.42 Å². The zero-order valence-electron chi connectivity index (χ0n) is 10.5. The summed E-state index contributed by atoms with van der Waals surface area (Å²) in [7, 11) is -3.70. The number of nitrogens with one attached hydrogen (secondary N) is 1. The molecule has 0 saturated heterocycles. The van der Waals surface area contributed by atoms with Gasteiger partial charge < -0.3 is 0 Å². The molecule has 0 saturated carbocycles. The van der Waals surface area contributed by atoms with Crippen molar-refractivity contribution in [2.24, 2.45) is 0 Å². The second-order valence-corrected chi connectivity index (χ2v) is 7.90. The minimum Gasteiger partial charge on any atom is -0.274 e. The molecule has 1 amide bonds. The lowest BCUT2D eigenvalue weighted by Gasteiger charge is -2.05. The molecule has 0 atom stereocenters. The number of rotatable bonds is 6. The Morgan fingerprint density at radius 1 is 1.15 bits per heavy atom. The normalized spacial score (nSPS) is 11.2. The van der Waals surface area contributed by atoms with Gasteiger partial charge in [0.25, 0.3) is 10.0 Å². The maximum Gasteiger partial charge on any atom is 0.273 e. The van der Waals surface area contributed by atoms with Crippen LogP contribution in [0.25, 0.3) is 0 Å². The fraction of sp³-hybridized carbons (Fsp3) is 0.154. The molecule has 0 aliphatic rings. The number of amides is 1. The van der Waals surface area contributed by atoms with Crippen molar-refractivity contribution in [1.82, 2.24) is 4.72 Å². The van der Waals surface area contributed by atoms with Gasteiger partial charge >= 0.3 is 0 Å². The molecule has 4 nitrogen and oxygen atoms in total. The van der Waals surface area contributed by atoms with Crippen LogP contribution in [0.15, 0.2) is 56.9 Å². The second kappa shape index (κ2) is 6.92. The van der Waals surface area contributed by atoms with E-state index in [0.29, 0.717) is 5.75 Å². The van der Waals surface area contributed by atoms with E-state index in [1.807, 2.05) is 30.3 Å². The van der Waals surface area contributed by atoms with Crippen molar-refractivity contribution < 1.29 is 13.2 Å². The number of hydrogen-bond acceptors (Lipinski definition) is 5. The molecule has 1 aromatic heterocycles. The molecule has 0 aliphatic carbocycles. The number of benzene rings is 1. The Bertz CT molecular complexity index is 651. The Morgan fingerprint density at radius 3 is 2.55 bits per heavy atom. The van der Waals surface area contributed by atoms with E-state index in [1.54, 1.807) is 11.4 Å². The van der Waals surface area contributed by atoms with Gasteiger partial charge in [0.05, 0.1) is 0 Å². The molecule has 1 heterocycles. The number of thiophene rings is 1. The summed E-state index contributed by atoms with van der Waals surface area (Å²) in [6, 6.07) is 12.8. The molecular weight excluding hydrogens is 314 g/mol. The van der Waals surface area contributed by atoms with E-state index in [2.05, 4.69) is 4.72 Å². The summed E-state index contributed by atoms with van der Waals surface area (Å²) in [4.78, 5) is 12.7. The van der Waals surface area contributed by atoms with Crippen LogP contribution in [-0.2, 0) is 14.8 Å². The summed E-state index contributed by atoms with van der Waals surface area (Å²) in [6.07, 6.45) is 0.157. The van der Waals surface area contributed by atoms with Gasteiger partial charge in [-0.15, -0.1) is 23.1 Å². The van der Waals surface area contributed by atoms with Gasteiger partial charge in [0, 0.05) is 17.1 Å². The molecule has 7 heteroatoms. The Hall–Kier alpha value is -1.31. The van der Waals surface area contributed by atoms with Gasteiger partial charge in [0.2, 0.25) is 5.91 Å². The summed E-state index contributed by atoms with van der Waals surface area (Å²) >= 11 is 2.60. The molecule has 0 unspecified atom stereocenters. The minimum absolute atomic E-state index is 0.154. The van der Waals surface area contributed by atoms with Gasteiger partial charge in [-0.25, -0.2) is 13.1 Å². The molecule has 0 bridgehead atoms. The maximum atomic E-state index is 11.8. The van der Waals surface area contributed by atoms with E-state index in [-0.39, 0.29) is 10.6 Å². The number of carbonyl (C=O) groups excluding carboxylic acids is 1. The first-order chi connectivity index (χ1) is 9.58. The molecule has 106 valence electrons. The van der Waals surface area contributed by atoms with Crippen LogP contribution in [-0.4, -0.2) is 20.1 Å². The number of carbonyl (C=O) groups is 1. The van der Waals surface area contributed by atoms with E-state index >= 15 is 0 Å². The minimum atomic E-state index is -3.70. The molecule has 1 N–H and O–H groups in total. The summed E-state index contributed by atoms with van der Waals surface area (Å²) < 4.78 is 25.8. The summed E-state index contributed by atoms with van der Waals surface area (Å²) in [5, 5.41) is 1.66. The largest absolute Gasteiger partial charge is 0.274 e. The summed E-state index contributed by atoms with van der Waals surface area (Å²) in [6.45, 7) is 0. The van der Waals surface area contributed by atoms with Crippen LogP contribution in [0.3, 0.4) is 0 Å². The SMILES string of the molecule is O=C(CCSc1ccccc1)NS(=O)(=O)c1cccs1. The molecule has 0 fully saturated rings. The van der Waals surface area contributed by atoms with Gasteiger partial charge in [0.15, 0.2) is 0 Å². The molecule has 0 radical (unpaired) electrons. The monoisotopic (exact) mass is 327 g/mol. The second-order valence-electron chi connectivity index (χ2n) is 3.87. The van der Waals surface area contributed by atoms with Crippen molar-refractivity contribution in [3.05, 3.63) is 47.8 Å².